The fraction of sp³-hybridized carbons (Fsp3) is 0.600. The Bertz CT molecular complexity index is 516. The monoisotopic (exact) mass is 250 g/mol. The van der Waals surface area contributed by atoms with Gasteiger partial charge in [0.2, 0.25) is 5.82 Å². The average Bonchev–Trinajstić information content (AvgIpc) is 3.10. The summed E-state index contributed by atoms with van der Waals surface area (Å²) in [5.74, 6) is 0.944. The van der Waals surface area contributed by atoms with Crippen LogP contribution in [0.5, 0.6) is 0 Å². The molecule has 1 fully saturated rings. The van der Waals surface area contributed by atoms with Crippen molar-refractivity contribution in [2.75, 3.05) is 13.2 Å². The van der Waals surface area contributed by atoms with Crippen LogP contribution in [0.4, 0.5) is 0 Å². The van der Waals surface area contributed by atoms with Crippen LogP contribution in [-0.2, 0) is 11.3 Å². The van der Waals surface area contributed by atoms with Gasteiger partial charge in [-0.05, 0) is 12.8 Å². The second-order valence-corrected chi connectivity index (χ2v) is 4.11. The predicted molar refractivity (Wildman–Crippen MR) is 60.3 cm³/mol. The SMILES string of the molecule is NCCn1cc(-c2nc(C3CCCO3)no2)nn1. The van der Waals surface area contributed by atoms with Crippen LogP contribution >= 0.6 is 0 Å². The predicted octanol–water partition coefficient (Wildman–Crippen LogP) is 0.138. The Morgan fingerprint density at radius 3 is 3.22 bits per heavy atom. The number of nitrogens with zero attached hydrogens (tertiary/aromatic N) is 5. The fourth-order valence-electron chi connectivity index (χ4n) is 1.89. The molecule has 0 amide bonds. The van der Waals surface area contributed by atoms with Crippen LogP contribution in [0.3, 0.4) is 0 Å². The fourth-order valence-corrected chi connectivity index (χ4v) is 1.89. The topological polar surface area (TPSA) is 105 Å². The summed E-state index contributed by atoms with van der Waals surface area (Å²) in [4.78, 5) is 4.29. The Morgan fingerprint density at radius 2 is 2.44 bits per heavy atom. The summed E-state index contributed by atoms with van der Waals surface area (Å²) >= 11 is 0. The Balaban J connectivity index is 1.78. The van der Waals surface area contributed by atoms with Gasteiger partial charge in [0.15, 0.2) is 5.69 Å². The zero-order valence-corrected chi connectivity index (χ0v) is 9.82. The van der Waals surface area contributed by atoms with Gasteiger partial charge in [-0.1, -0.05) is 10.4 Å². The first-order valence-electron chi connectivity index (χ1n) is 5.92. The third-order valence-electron chi connectivity index (χ3n) is 2.78. The van der Waals surface area contributed by atoms with E-state index in [4.69, 9.17) is 15.0 Å². The van der Waals surface area contributed by atoms with Crippen LogP contribution < -0.4 is 5.73 Å². The van der Waals surface area contributed by atoms with Crippen molar-refractivity contribution >= 4 is 0 Å². The number of hydrogen-bond donors (Lipinski definition) is 1. The molecule has 3 heterocycles. The number of nitrogens with two attached hydrogens (primary N) is 1. The molecule has 1 unspecified atom stereocenters. The second kappa shape index (κ2) is 4.83. The largest absolute Gasteiger partial charge is 0.370 e. The number of ether oxygens (including phenoxy) is 1. The number of aromatic nitrogens is 5. The molecule has 1 atom stereocenters. The van der Waals surface area contributed by atoms with Gasteiger partial charge >= 0.3 is 0 Å². The lowest BCUT2D eigenvalue weighted by atomic mass is 10.2. The van der Waals surface area contributed by atoms with Crippen LogP contribution in [0, 0.1) is 0 Å². The van der Waals surface area contributed by atoms with Gasteiger partial charge < -0.3 is 15.0 Å². The molecule has 96 valence electrons. The highest BCUT2D eigenvalue weighted by Crippen LogP contribution is 2.27. The average molecular weight is 250 g/mol. The zero-order valence-electron chi connectivity index (χ0n) is 9.82. The molecule has 0 aliphatic carbocycles. The maximum atomic E-state index is 5.49. The highest BCUT2D eigenvalue weighted by Gasteiger charge is 2.24. The number of hydrogen-bond acceptors (Lipinski definition) is 7. The van der Waals surface area contributed by atoms with Gasteiger partial charge in [-0.15, -0.1) is 5.10 Å². The molecular formula is C10H14N6O2. The molecule has 2 N–H and O–H groups in total. The third-order valence-corrected chi connectivity index (χ3v) is 2.78. The minimum Gasteiger partial charge on any atom is -0.370 e. The minimum atomic E-state index is -0.0541. The van der Waals surface area contributed by atoms with Gasteiger partial charge in [0, 0.05) is 13.2 Å². The number of rotatable bonds is 4. The van der Waals surface area contributed by atoms with Crippen molar-refractivity contribution < 1.29 is 9.26 Å². The van der Waals surface area contributed by atoms with Gasteiger partial charge in [0.25, 0.3) is 5.89 Å². The first kappa shape index (κ1) is 11.3. The Kier molecular flexibility index (Phi) is 3.03. The molecule has 1 saturated heterocycles. The van der Waals surface area contributed by atoms with Crippen molar-refractivity contribution in [3.05, 3.63) is 12.0 Å². The van der Waals surface area contributed by atoms with E-state index in [1.54, 1.807) is 10.9 Å². The van der Waals surface area contributed by atoms with Crippen LogP contribution in [0.25, 0.3) is 11.6 Å². The van der Waals surface area contributed by atoms with E-state index in [-0.39, 0.29) is 6.10 Å². The lowest BCUT2D eigenvalue weighted by Gasteiger charge is -2.00. The lowest BCUT2D eigenvalue weighted by Crippen LogP contribution is -2.10. The van der Waals surface area contributed by atoms with Gasteiger partial charge in [-0.3, -0.25) is 4.68 Å². The van der Waals surface area contributed by atoms with Crippen molar-refractivity contribution in [1.82, 2.24) is 25.1 Å². The van der Waals surface area contributed by atoms with Crippen molar-refractivity contribution in [2.24, 2.45) is 5.73 Å². The molecule has 0 aromatic carbocycles. The van der Waals surface area contributed by atoms with Gasteiger partial charge in [0.1, 0.15) is 6.10 Å². The highest BCUT2D eigenvalue weighted by molar-refractivity contribution is 5.43. The molecule has 3 rings (SSSR count). The van der Waals surface area contributed by atoms with E-state index >= 15 is 0 Å². The van der Waals surface area contributed by atoms with E-state index in [1.165, 1.54) is 0 Å². The smallest absolute Gasteiger partial charge is 0.280 e. The molecule has 1 aliphatic rings. The molecule has 18 heavy (non-hydrogen) atoms. The summed E-state index contributed by atoms with van der Waals surface area (Å²) in [5.41, 5.74) is 5.99. The van der Waals surface area contributed by atoms with E-state index < -0.39 is 0 Å². The first-order chi connectivity index (χ1) is 8.86. The highest BCUT2D eigenvalue weighted by atomic mass is 16.5. The van der Waals surface area contributed by atoms with Crippen molar-refractivity contribution in [2.45, 2.75) is 25.5 Å². The normalized spacial score (nSPS) is 19.5. The van der Waals surface area contributed by atoms with Crippen LogP contribution in [0.1, 0.15) is 24.8 Å². The maximum Gasteiger partial charge on any atom is 0.280 e. The summed E-state index contributed by atoms with van der Waals surface area (Å²) in [6.07, 6.45) is 3.64. The van der Waals surface area contributed by atoms with E-state index in [1.807, 2.05) is 0 Å². The summed E-state index contributed by atoms with van der Waals surface area (Å²) < 4.78 is 12.3. The lowest BCUT2D eigenvalue weighted by molar-refractivity contribution is 0.103. The maximum absolute atomic E-state index is 5.49. The van der Waals surface area contributed by atoms with Crippen LogP contribution in [0.15, 0.2) is 10.7 Å². The molecule has 0 spiro atoms. The van der Waals surface area contributed by atoms with Crippen LogP contribution in [0.2, 0.25) is 0 Å². The van der Waals surface area contributed by atoms with E-state index in [9.17, 15) is 0 Å². The Labute approximate surface area is 103 Å². The molecule has 2 aromatic heterocycles. The molecule has 0 bridgehead atoms. The molecule has 1 aliphatic heterocycles. The summed E-state index contributed by atoms with van der Waals surface area (Å²) in [5, 5.41) is 11.8. The van der Waals surface area contributed by atoms with Crippen LogP contribution in [-0.4, -0.2) is 38.3 Å². The zero-order chi connectivity index (χ0) is 12.4. The first-order valence-corrected chi connectivity index (χ1v) is 5.92. The minimum absolute atomic E-state index is 0.0541. The second-order valence-electron chi connectivity index (χ2n) is 4.11. The quantitative estimate of drug-likeness (QED) is 0.822. The van der Waals surface area contributed by atoms with Crippen molar-refractivity contribution in [3.8, 4) is 11.6 Å². The van der Waals surface area contributed by atoms with Crippen molar-refractivity contribution in [3.63, 3.8) is 0 Å². The standard InChI is InChI=1S/C10H14N6O2/c11-3-4-16-6-7(13-15-16)10-12-9(14-18-10)8-2-1-5-17-8/h6,8H,1-5,11H2. The van der Waals surface area contributed by atoms with E-state index in [2.05, 4.69) is 20.5 Å². The molecule has 0 radical (unpaired) electrons. The molecular weight excluding hydrogens is 236 g/mol. The van der Waals surface area contributed by atoms with E-state index in [0.29, 0.717) is 30.5 Å². The van der Waals surface area contributed by atoms with Gasteiger partial charge in [0.05, 0.1) is 12.7 Å². The summed E-state index contributed by atoms with van der Waals surface area (Å²) in [6, 6.07) is 0. The van der Waals surface area contributed by atoms with Gasteiger partial charge in [-0.2, -0.15) is 4.98 Å². The Hall–Kier alpha value is -1.80. The van der Waals surface area contributed by atoms with Gasteiger partial charge in [-0.25, -0.2) is 0 Å². The molecule has 8 nitrogen and oxygen atoms in total. The van der Waals surface area contributed by atoms with Crippen molar-refractivity contribution in [1.29, 1.82) is 0 Å². The molecule has 8 heteroatoms. The summed E-state index contributed by atoms with van der Waals surface area (Å²) in [7, 11) is 0. The molecule has 2 aromatic rings. The summed E-state index contributed by atoms with van der Waals surface area (Å²) in [6.45, 7) is 1.87. The molecule has 0 saturated carbocycles. The van der Waals surface area contributed by atoms with E-state index in [0.717, 1.165) is 19.4 Å². The third kappa shape index (κ3) is 2.12. The Morgan fingerprint density at radius 1 is 1.50 bits per heavy atom.